The lowest BCUT2D eigenvalue weighted by Gasteiger charge is -2.12. The number of rotatable bonds is 2. The number of pyridine rings is 1. The number of halogens is 1. The maximum Gasteiger partial charge on any atom is 0.0737 e. The van der Waals surface area contributed by atoms with E-state index in [1.54, 1.807) is 6.20 Å². The summed E-state index contributed by atoms with van der Waals surface area (Å²) in [5.74, 6) is 0. The van der Waals surface area contributed by atoms with E-state index in [2.05, 4.69) is 10.3 Å². The summed E-state index contributed by atoms with van der Waals surface area (Å²) in [5, 5.41) is 4.88. The van der Waals surface area contributed by atoms with Gasteiger partial charge in [-0.2, -0.15) is 0 Å². The third-order valence-electron chi connectivity index (χ3n) is 2.09. The molecule has 1 unspecified atom stereocenters. The number of nitrogens with zero attached hydrogens (tertiary/aromatic N) is 1. The van der Waals surface area contributed by atoms with Gasteiger partial charge in [-0.3, -0.25) is 4.98 Å². The Balaban J connectivity index is 2.56. The molecule has 2 rings (SSSR count). The Hall–Kier alpha value is -1.32. The van der Waals surface area contributed by atoms with Crippen molar-refractivity contribution in [2.24, 2.45) is 5.73 Å². The van der Waals surface area contributed by atoms with E-state index in [1.807, 2.05) is 31.2 Å². The molecule has 0 amide bonds. The number of nitrogens with one attached hydrogen (secondary N) is 1. The van der Waals surface area contributed by atoms with Gasteiger partial charge < -0.3 is 11.1 Å². The van der Waals surface area contributed by atoms with Gasteiger partial charge in [-0.1, -0.05) is 11.6 Å². The van der Waals surface area contributed by atoms with Crippen molar-refractivity contribution in [3.05, 3.63) is 35.5 Å². The minimum Gasteiger partial charge on any atom is -0.370 e. The molecule has 0 bridgehead atoms. The maximum atomic E-state index is 5.89. The van der Waals surface area contributed by atoms with Gasteiger partial charge in [0.15, 0.2) is 0 Å². The number of benzene rings is 1. The zero-order valence-corrected chi connectivity index (χ0v) is 9.12. The predicted molar refractivity (Wildman–Crippen MR) is 64.0 cm³/mol. The summed E-state index contributed by atoms with van der Waals surface area (Å²) in [6.45, 7) is 1.89. The monoisotopic (exact) mass is 221 g/mol. The molecule has 1 heterocycles. The zero-order valence-electron chi connectivity index (χ0n) is 8.37. The van der Waals surface area contributed by atoms with E-state index in [4.69, 9.17) is 17.3 Å². The summed E-state index contributed by atoms with van der Waals surface area (Å²) < 4.78 is 0. The lowest BCUT2D eigenvalue weighted by molar-refractivity contribution is 0.853. The van der Waals surface area contributed by atoms with Gasteiger partial charge in [0.05, 0.1) is 11.7 Å². The van der Waals surface area contributed by atoms with Gasteiger partial charge in [0.1, 0.15) is 0 Å². The first-order valence-corrected chi connectivity index (χ1v) is 5.11. The molecule has 0 saturated heterocycles. The van der Waals surface area contributed by atoms with Crippen molar-refractivity contribution in [2.45, 2.75) is 13.1 Å². The second kappa shape index (κ2) is 4.04. The Kier molecular flexibility index (Phi) is 2.75. The number of nitrogens with two attached hydrogens (primary N) is 1. The molecule has 0 aliphatic carbocycles. The number of anilines is 1. The highest BCUT2D eigenvalue weighted by Gasteiger charge is 2.03. The molecule has 15 heavy (non-hydrogen) atoms. The molecule has 1 aromatic heterocycles. The average Bonchev–Trinajstić information content (AvgIpc) is 2.16. The molecule has 0 radical (unpaired) electrons. The molecule has 1 aromatic carbocycles. The first-order chi connectivity index (χ1) is 7.16. The Morgan fingerprint density at radius 2 is 2.20 bits per heavy atom. The summed E-state index contributed by atoms with van der Waals surface area (Å²) >= 11 is 5.89. The second-order valence-corrected chi connectivity index (χ2v) is 3.89. The first-order valence-electron chi connectivity index (χ1n) is 4.73. The quantitative estimate of drug-likeness (QED) is 0.767. The molecule has 1 atom stereocenters. The van der Waals surface area contributed by atoms with Gasteiger partial charge in [0.2, 0.25) is 0 Å². The van der Waals surface area contributed by atoms with Gasteiger partial charge in [0, 0.05) is 22.3 Å². The van der Waals surface area contributed by atoms with Crippen molar-refractivity contribution in [2.75, 3.05) is 5.32 Å². The molecular weight excluding hydrogens is 210 g/mol. The van der Waals surface area contributed by atoms with Crippen LogP contribution >= 0.6 is 11.6 Å². The van der Waals surface area contributed by atoms with E-state index in [9.17, 15) is 0 Å². The molecule has 3 nitrogen and oxygen atoms in total. The highest BCUT2D eigenvalue weighted by Crippen LogP contribution is 2.24. The van der Waals surface area contributed by atoms with Crippen molar-refractivity contribution >= 4 is 28.2 Å². The Labute approximate surface area is 93.3 Å². The van der Waals surface area contributed by atoms with Crippen LogP contribution in [-0.2, 0) is 0 Å². The number of fused-ring (bicyclic) bond motifs is 1. The van der Waals surface area contributed by atoms with Crippen LogP contribution in [0.15, 0.2) is 30.5 Å². The van der Waals surface area contributed by atoms with Crippen molar-refractivity contribution < 1.29 is 0 Å². The van der Waals surface area contributed by atoms with Crippen LogP contribution in [0.4, 0.5) is 5.69 Å². The van der Waals surface area contributed by atoms with Crippen molar-refractivity contribution in [3.8, 4) is 0 Å². The Morgan fingerprint density at radius 1 is 1.40 bits per heavy atom. The Morgan fingerprint density at radius 3 is 2.93 bits per heavy atom. The highest BCUT2D eigenvalue weighted by atomic mass is 35.5. The zero-order chi connectivity index (χ0) is 10.8. The molecule has 3 N–H and O–H groups in total. The lowest BCUT2D eigenvalue weighted by Crippen LogP contribution is -2.25. The number of hydrogen-bond acceptors (Lipinski definition) is 3. The topological polar surface area (TPSA) is 50.9 Å². The van der Waals surface area contributed by atoms with E-state index >= 15 is 0 Å². The molecular formula is C11H12ClN3. The van der Waals surface area contributed by atoms with Gasteiger partial charge >= 0.3 is 0 Å². The summed E-state index contributed by atoms with van der Waals surface area (Å²) in [4.78, 5) is 4.24. The third kappa shape index (κ3) is 2.19. The number of aromatic nitrogens is 1. The largest absolute Gasteiger partial charge is 0.370 e. The average molecular weight is 222 g/mol. The second-order valence-electron chi connectivity index (χ2n) is 3.45. The summed E-state index contributed by atoms with van der Waals surface area (Å²) in [7, 11) is 0. The van der Waals surface area contributed by atoms with Crippen LogP contribution in [0.2, 0.25) is 5.02 Å². The summed E-state index contributed by atoms with van der Waals surface area (Å²) in [6, 6.07) is 7.52. The van der Waals surface area contributed by atoms with E-state index in [1.165, 1.54) is 0 Å². The van der Waals surface area contributed by atoms with Crippen molar-refractivity contribution in [1.82, 2.24) is 4.98 Å². The molecule has 0 aliphatic heterocycles. The molecule has 78 valence electrons. The van der Waals surface area contributed by atoms with E-state index in [0.717, 1.165) is 16.6 Å². The van der Waals surface area contributed by atoms with Gasteiger partial charge in [0.25, 0.3) is 0 Å². The maximum absolute atomic E-state index is 5.89. The molecule has 0 aliphatic rings. The number of hydrogen-bond donors (Lipinski definition) is 2. The molecule has 4 heteroatoms. The Bertz CT molecular complexity index is 482. The minimum absolute atomic E-state index is 0.0914. The van der Waals surface area contributed by atoms with E-state index in [-0.39, 0.29) is 6.17 Å². The molecule has 0 spiro atoms. The van der Waals surface area contributed by atoms with E-state index < -0.39 is 0 Å². The van der Waals surface area contributed by atoms with Crippen LogP contribution in [0, 0.1) is 0 Å². The van der Waals surface area contributed by atoms with E-state index in [0.29, 0.717) is 5.02 Å². The van der Waals surface area contributed by atoms with Crippen LogP contribution in [0.25, 0.3) is 10.9 Å². The minimum atomic E-state index is -0.0914. The SMILES string of the molecule is CC(N)Nc1ccnc2cc(Cl)ccc12. The molecule has 0 saturated carbocycles. The highest BCUT2D eigenvalue weighted by molar-refractivity contribution is 6.31. The van der Waals surface area contributed by atoms with Gasteiger partial charge in [-0.15, -0.1) is 0 Å². The first kappa shape index (κ1) is 10.2. The third-order valence-corrected chi connectivity index (χ3v) is 2.32. The standard InChI is InChI=1S/C11H12ClN3/c1-7(13)15-10-4-5-14-11-6-8(12)2-3-9(10)11/h2-7H,13H2,1H3,(H,14,15). The molecule has 2 aromatic rings. The van der Waals surface area contributed by atoms with Crippen LogP contribution in [-0.4, -0.2) is 11.1 Å². The van der Waals surface area contributed by atoms with Crippen LogP contribution < -0.4 is 11.1 Å². The fourth-order valence-corrected chi connectivity index (χ4v) is 1.66. The lowest BCUT2D eigenvalue weighted by atomic mass is 10.2. The van der Waals surface area contributed by atoms with Crippen LogP contribution in [0.3, 0.4) is 0 Å². The van der Waals surface area contributed by atoms with Gasteiger partial charge in [-0.05, 0) is 31.2 Å². The van der Waals surface area contributed by atoms with Crippen LogP contribution in [0.5, 0.6) is 0 Å². The molecule has 0 fully saturated rings. The van der Waals surface area contributed by atoms with Crippen molar-refractivity contribution in [1.29, 1.82) is 0 Å². The smallest absolute Gasteiger partial charge is 0.0737 e. The summed E-state index contributed by atoms with van der Waals surface area (Å²) in [5.41, 5.74) is 7.53. The van der Waals surface area contributed by atoms with Crippen molar-refractivity contribution in [3.63, 3.8) is 0 Å². The fraction of sp³-hybridized carbons (Fsp3) is 0.182. The predicted octanol–water partition coefficient (Wildman–Crippen LogP) is 2.60. The fourth-order valence-electron chi connectivity index (χ4n) is 1.49. The van der Waals surface area contributed by atoms with Crippen LogP contribution in [0.1, 0.15) is 6.92 Å². The summed E-state index contributed by atoms with van der Waals surface area (Å²) in [6.07, 6.45) is 1.65. The normalized spacial score (nSPS) is 12.7. The van der Waals surface area contributed by atoms with Gasteiger partial charge in [-0.25, -0.2) is 0 Å².